The molecule has 4 rings (SSSR count). The van der Waals surface area contributed by atoms with Gasteiger partial charge in [-0.25, -0.2) is 9.59 Å². The van der Waals surface area contributed by atoms with Crippen LogP contribution < -0.4 is 11.0 Å². The van der Waals surface area contributed by atoms with E-state index in [2.05, 4.69) is 39.1 Å². The van der Waals surface area contributed by atoms with Gasteiger partial charge in [0.25, 0.3) is 0 Å². The van der Waals surface area contributed by atoms with Crippen LogP contribution in [0.2, 0.25) is 0 Å². The van der Waals surface area contributed by atoms with E-state index in [1.807, 2.05) is 34.9 Å². The van der Waals surface area contributed by atoms with Crippen LogP contribution in [0, 0.1) is 0 Å². The number of nitrogens with one attached hydrogen (secondary N) is 2. The molecule has 0 saturated heterocycles. The van der Waals surface area contributed by atoms with Gasteiger partial charge in [0.1, 0.15) is 0 Å². The second-order valence-electron chi connectivity index (χ2n) is 7.61. The Balaban J connectivity index is 1.36. The van der Waals surface area contributed by atoms with Crippen LogP contribution in [0.5, 0.6) is 0 Å². The summed E-state index contributed by atoms with van der Waals surface area (Å²) in [6, 6.07) is 14.2. The predicted molar refractivity (Wildman–Crippen MR) is 113 cm³/mol. The van der Waals surface area contributed by atoms with Gasteiger partial charge in [0.15, 0.2) is 0 Å². The lowest BCUT2D eigenvalue weighted by molar-refractivity contribution is 0.187. The number of hydrogen-bond donors (Lipinski definition) is 2. The fraction of sp³-hybridized carbons (Fsp3) is 0.364. The number of nitrogens with zero attached hydrogens (tertiary/aromatic N) is 2. The lowest BCUT2D eigenvalue weighted by atomic mass is 9.99. The first-order chi connectivity index (χ1) is 14.0. The van der Waals surface area contributed by atoms with Gasteiger partial charge >= 0.3 is 11.8 Å². The second-order valence-corrected chi connectivity index (χ2v) is 7.61. The van der Waals surface area contributed by atoms with Crippen LogP contribution in [-0.2, 0) is 24.1 Å². The number of para-hydroxylation sites is 1. The maximum atomic E-state index is 12.3. The fourth-order valence-electron chi connectivity index (χ4n) is 4.15. The minimum atomic E-state index is -0.464. The highest BCUT2D eigenvalue weighted by Crippen LogP contribution is 2.24. The molecule has 2 N–H and O–H groups in total. The van der Waals surface area contributed by atoms with Gasteiger partial charge < -0.3 is 14.6 Å². The molecule has 0 fully saturated rings. The summed E-state index contributed by atoms with van der Waals surface area (Å²) in [6.45, 7) is 1.65. The number of benzene rings is 2. The van der Waals surface area contributed by atoms with Gasteiger partial charge in [0.2, 0.25) is 0 Å². The number of aromatic nitrogens is 2. The van der Waals surface area contributed by atoms with Gasteiger partial charge in [-0.1, -0.05) is 24.3 Å². The van der Waals surface area contributed by atoms with Crippen LogP contribution in [0.25, 0.3) is 11.0 Å². The summed E-state index contributed by atoms with van der Waals surface area (Å²) in [5, 5.41) is 2.70. The number of ether oxygens (including phenoxy) is 1. The molecule has 7 nitrogen and oxygen atoms in total. The molecule has 1 aromatic heterocycles. The highest BCUT2D eigenvalue weighted by atomic mass is 16.5. The van der Waals surface area contributed by atoms with Crippen LogP contribution >= 0.6 is 0 Å². The first-order valence-electron chi connectivity index (χ1n) is 9.89. The average molecular weight is 394 g/mol. The Hall–Kier alpha value is -3.06. The van der Waals surface area contributed by atoms with Crippen LogP contribution in [0.1, 0.15) is 17.5 Å². The highest BCUT2D eigenvalue weighted by Gasteiger charge is 2.25. The van der Waals surface area contributed by atoms with Crippen molar-refractivity contribution in [3.05, 3.63) is 64.1 Å². The molecule has 0 aliphatic carbocycles. The Bertz CT molecular complexity index is 1090. The second kappa shape index (κ2) is 8.13. The van der Waals surface area contributed by atoms with Gasteiger partial charge in [-0.05, 0) is 62.2 Å². The Kier molecular flexibility index (Phi) is 5.40. The number of aromatic amines is 1. The van der Waals surface area contributed by atoms with E-state index in [1.54, 1.807) is 0 Å². The number of carbonyl (C=O) groups is 1. The van der Waals surface area contributed by atoms with Crippen molar-refractivity contribution in [1.82, 2.24) is 14.5 Å². The maximum absolute atomic E-state index is 12.3. The number of H-pyrrole nitrogens is 1. The summed E-state index contributed by atoms with van der Waals surface area (Å²) in [7, 11) is 3.48. The number of carbonyl (C=O) groups excluding carboxylic acids is 1. The zero-order valence-corrected chi connectivity index (χ0v) is 16.8. The summed E-state index contributed by atoms with van der Waals surface area (Å²) in [5.74, 6) is 0. The first kappa shape index (κ1) is 19.3. The maximum Gasteiger partial charge on any atom is 0.411 e. The number of amides is 1. The third kappa shape index (κ3) is 4.05. The topological polar surface area (TPSA) is 79.4 Å². The van der Waals surface area contributed by atoms with Gasteiger partial charge in [0.05, 0.1) is 18.1 Å². The molecule has 0 saturated carbocycles. The van der Waals surface area contributed by atoms with Crippen molar-refractivity contribution in [2.24, 2.45) is 0 Å². The SMILES string of the molecule is COC(=O)Nc1cccc(CCCN(C)[C@@H]2Cc3cccc4[nH]c(=O)n(c34)C2)c1. The average Bonchev–Trinajstić information content (AvgIpc) is 3.05. The van der Waals surface area contributed by atoms with E-state index in [4.69, 9.17) is 0 Å². The van der Waals surface area contributed by atoms with Gasteiger partial charge in [0, 0.05) is 18.3 Å². The van der Waals surface area contributed by atoms with Crippen molar-refractivity contribution in [2.75, 3.05) is 26.0 Å². The smallest absolute Gasteiger partial charge is 0.411 e. The monoisotopic (exact) mass is 394 g/mol. The van der Waals surface area contributed by atoms with E-state index in [1.165, 1.54) is 18.2 Å². The summed E-state index contributed by atoms with van der Waals surface area (Å²) >= 11 is 0. The van der Waals surface area contributed by atoms with Crippen LogP contribution in [-0.4, -0.2) is 47.3 Å². The number of methoxy groups -OCH3 is 1. The molecule has 1 atom stereocenters. The summed E-state index contributed by atoms with van der Waals surface area (Å²) in [5.41, 5.74) is 5.09. The number of hydrogen-bond acceptors (Lipinski definition) is 4. The highest BCUT2D eigenvalue weighted by molar-refractivity contribution is 5.84. The molecule has 152 valence electrons. The Morgan fingerprint density at radius 2 is 2.14 bits per heavy atom. The molecule has 3 aromatic rings. The third-order valence-electron chi connectivity index (χ3n) is 5.68. The molecule has 0 spiro atoms. The number of aryl methyl sites for hydroxylation is 1. The summed E-state index contributed by atoms with van der Waals surface area (Å²) in [6.07, 6.45) is 2.39. The summed E-state index contributed by atoms with van der Waals surface area (Å²) < 4.78 is 6.51. The predicted octanol–water partition coefficient (Wildman–Crippen LogP) is 3.00. The number of rotatable bonds is 6. The molecule has 0 bridgehead atoms. The van der Waals surface area contributed by atoms with E-state index in [9.17, 15) is 9.59 Å². The largest absolute Gasteiger partial charge is 0.453 e. The van der Waals surface area contributed by atoms with Crippen molar-refractivity contribution in [3.63, 3.8) is 0 Å². The molecular weight excluding hydrogens is 368 g/mol. The molecular formula is C22H26N4O3. The standard InChI is InChI=1S/C22H26N4O3/c1-25(11-5-7-15-6-3-9-17(12-15)23-22(28)29-2)18-13-16-8-4-10-19-20(16)26(14-18)21(27)24-19/h3-4,6,8-10,12,18H,5,7,11,13-14H2,1-2H3,(H,23,28)(H,24,27)/t18-/m1/s1. The molecule has 0 radical (unpaired) electrons. The number of anilines is 1. The quantitative estimate of drug-likeness (QED) is 0.674. The zero-order valence-electron chi connectivity index (χ0n) is 16.8. The third-order valence-corrected chi connectivity index (χ3v) is 5.68. The van der Waals surface area contributed by atoms with E-state index < -0.39 is 6.09 Å². The van der Waals surface area contributed by atoms with E-state index in [0.717, 1.165) is 42.5 Å². The Morgan fingerprint density at radius 1 is 1.31 bits per heavy atom. The normalized spacial score (nSPS) is 15.6. The lowest BCUT2D eigenvalue weighted by Gasteiger charge is -2.31. The van der Waals surface area contributed by atoms with Crippen molar-refractivity contribution in [2.45, 2.75) is 31.8 Å². The van der Waals surface area contributed by atoms with Gasteiger partial charge in [-0.15, -0.1) is 0 Å². The van der Waals surface area contributed by atoms with Crippen molar-refractivity contribution in [1.29, 1.82) is 0 Å². The van der Waals surface area contributed by atoms with Crippen LogP contribution in [0.15, 0.2) is 47.3 Å². The Labute approximate surface area is 169 Å². The zero-order chi connectivity index (χ0) is 20.4. The number of imidazole rings is 1. The fourth-order valence-corrected chi connectivity index (χ4v) is 4.15. The van der Waals surface area contributed by atoms with Crippen molar-refractivity contribution in [3.8, 4) is 0 Å². The minimum Gasteiger partial charge on any atom is -0.453 e. The van der Waals surface area contributed by atoms with Crippen LogP contribution in [0.4, 0.5) is 10.5 Å². The van der Waals surface area contributed by atoms with Crippen LogP contribution in [0.3, 0.4) is 0 Å². The minimum absolute atomic E-state index is 0.0273. The van der Waals surface area contributed by atoms with Crippen molar-refractivity contribution >= 4 is 22.8 Å². The molecule has 29 heavy (non-hydrogen) atoms. The molecule has 2 aromatic carbocycles. The van der Waals surface area contributed by atoms with Crippen molar-refractivity contribution < 1.29 is 9.53 Å². The molecule has 1 aliphatic rings. The summed E-state index contributed by atoms with van der Waals surface area (Å²) in [4.78, 5) is 29.0. The lowest BCUT2D eigenvalue weighted by Crippen LogP contribution is -2.42. The molecule has 1 amide bonds. The van der Waals surface area contributed by atoms with Gasteiger partial charge in [-0.3, -0.25) is 9.88 Å². The molecule has 1 aliphatic heterocycles. The molecule has 2 heterocycles. The number of likely N-dealkylation sites (N-methyl/N-ethyl adjacent to an activating group) is 1. The Morgan fingerprint density at radius 3 is 2.97 bits per heavy atom. The first-order valence-corrected chi connectivity index (χ1v) is 9.89. The molecule has 7 heteroatoms. The van der Waals surface area contributed by atoms with E-state index in [-0.39, 0.29) is 5.69 Å². The van der Waals surface area contributed by atoms with E-state index >= 15 is 0 Å². The molecule has 0 unspecified atom stereocenters. The van der Waals surface area contributed by atoms with E-state index in [0.29, 0.717) is 12.6 Å². The van der Waals surface area contributed by atoms with Gasteiger partial charge in [-0.2, -0.15) is 0 Å².